The Morgan fingerprint density at radius 1 is 0.594 bits per heavy atom. The Bertz CT molecular complexity index is 1470. The average Bonchev–Trinajstić information content (AvgIpc) is 3.14. The molecule has 3 aromatic carbocycles. The van der Waals surface area contributed by atoms with Gasteiger partial charge in [-0.3, -0.25) is 0 Å². The van der Waals surface area contributed by atoms with Gasteiger partial charge in [0.05, 0.1) is 17.1 Å². The maximum atomic E-state index is 13.6. The molecular formula is C26H12F2N4. The summed E-state index contributed by atoms with van der Waals surface area (Å²) in [6.45, 7) is 0. The van der Waals surface area contributed by atoms with E-state index in [0.29, 0.717) is 45.0 Å². The van der Waals surface area contributed by atoms with Crippen LogP contribution in [0.2, 0.25) is 0 Å². The molecule has 0 amide bonds. The summed E-state index contributed by atoms with van der Waals surface area (Å²) in [5.74, 6) is -0.773. The molecule has 150 valence electrons. The number of hydrogen-bond donors (Lipinski definition) is 0. The predicted octanol–water partition coefficient (Wildman–Crippen LogP) is 5.92. The third-order valence-electron chi connectivity index (χ3n) is 5.29. The van der Waals surface area contributed by atoms with Gasteiger partial charge in [-0.25, -0.2) is 18.7 Å². The molecule has 4 aromatic rings. The number of benzene rings is 3. The molecule has 6 heteroatoms. The second-order valence-electron chi connectivity index (χ2n) is 7.15. The van der Waals surface area contributed by atoms with Crippen molar-refractivity contribution in [2.45, 2.75) is 0 Å². The van der Waals surface area contributed by atoms with Gasteiger partial charge < -0.3 is 0 Å². The van der Waals surface area contributed by atoms with E-state index in [4.69, 9.17) is 9.97 Å². The van der Waals surface area contributed by atoms with Gasteiger partial charge in [0, 0.05) is 22.3 Å². The zero-order valence-electron chi connectivity index (χ0n) is 16.5. The van der Waals surface area contributed by atoms with Crippen LogP contribution in [0.15, 0.2) is 78.4 Å². The molecule has 0 spiro atoms. The van der Waals surface area contributed by atoms with E-state index in [1.54, 1.807) is 24.3 Å². The Balaban J connectivity index is 1.88. The minimum absolute atomic E-state index is 0.0647. The Morgan fingerprint density at radius 2 is 1.06 bits per heavy atom. The van der Waals surface area contributed by atoms with Gasteiger partial charge in [0.15, 0.2) is 0 Å². The number of nitriles is 2. The van der Waals surface area contributed by atoms with E-state index in [-0.39, 0.29) is 11.4 Å². The van der Waals surface area contributed by atoms with Gasteiger partial charge in [0.2, 0.25) is 0 Å². The maximum absolute atomic E-state index is 13.6. The van der Waals surface area contributed by atoms with Gasteiger partial charge in [-0.1, -0.05) is 24.3 Å². The predicted molar refractivity (Wildman–Crippen MR) is 116 cm³/mol. The van der Waals surface area contributed by atoms with Crippen LogP contribution >= 0.6 is 0 Å². The quantitative estimate of drug-likeness (QED) is 0.334. The van der Waals surface area contributed by atoms with E-state index in [1.165, 1.54) is 24.3 Å². The van der Waals surface area contributed by atoms with Gasteiger partial charge in [0.1, 0.15) is 35.0 Å². The normalized spacial score (nSPS) is 11.3. The first kappa shape index (κ1) is 19.3. The van der Waals surface area contributed by atoms with Crippen LogP contribution in [0, 0.1) is 34.3 Å². The fourth-order valence-corrected chi connectivity index (χ4v) is 3.84. The van der Waals surface area contributed by atoms with Crippen molar-refractivity contribution in [1.82, 2.24) is 9.97 Å². The molecule has 5 rings (SSSR count). The van der Waals surface area contributed by atoms with Gasteiger partial charge in [-0.15, -0.1) is 0 Å². The molecule has 1 aromatic heterocycles. The SMILES string of the molecule is N#CC(C#N)=C1c2ccccc2-c2nc(-c3ccc(F)cc3)c(-c3ccc(F)cc3)nc21. The van der Waals surface area contributed by atoms with E-state index in [2.05, 4.69) is 0 Å². The van der Waals surface area contributed by atoms with Crippen LogP contribution in [0.25, 0.3) is 39.3 Å². The fraction of sp³-hybridized carbons (Fsp3) is 0. The number of hydrogen-bond acceptors (Lipinski definition) is 4. The lowest BCUT2D eigenvalue weighted by atomic mass is 10.0. The number of halogens is 2. The first-order chi connectivity index (χ1) is 15.6. The monoisotopic (exact) mass is 418 g/mol. The van der Waals surface area contributed by atoms with Crippen molar-refractivity contribution in [3.8, 4) is 45.9 Å². The number of rotatable bonds is 2. The van der Waals surface area contributed by atoms with Gasteiger partial charge in [-0.05, 0) is 54.1 Å². The molecule has 1 aliphatic carbocycles. The molecule has 0 bridgehead atoms. The third-order valence-corrected chi connectivity index (χ3v) is 5.29. The van der Waals surface area contributed by atoms with E-state index >= 15 is 0 Å². The summed E-state index contributed by atoms with van der Waals surface area (Å²) in [4.78, 5) is 9.69. The Kier molecular flexibility index (Phi) is 4.54. The summed E-state index contributed by atoms with van der Waals surface area (Å²) in [7, 11) is 0. The first-order valence-corrected chi connectivity index (χ1v) is 9.69. The highest BCUT2D eigenvalue weighted by atomic mass is 19.1. The van der Waals surface area contributed by atoms with Crippen molar-refractivity contribution in [1.29, 1.82) is 10.5 Å². The zero-order chi connectivity index (χ0) is 22.2. The molecule has 0 unspecified atom stereocenters. The molecule has 0 N–H and O–H groups in total. The second-order valence-corrected chi connectivity index (χ2v) is 7.15. The molecule has 0 saturated carbocycles. The van der Waals surface area contributed by atoms with E-state index in [9.17, 15) is 19.3 Å². The number of nitrogens with zero attached hydrogens (tertiary/aromatic N) is 4. The molecule has 32 heavy (non-hydrogen) atoms. The number of aromatic nitrogens is 2. The topological polar surface area (TPSA) is 73.4 Å². The molecule has 0 saturated heterocycles. The molecule has 0 atom stereocenters. The zero-order valence-corrected chi connectivity index (χ0v) is 16.5. The van der Waals surface area contributed by atoms with Crippen molar-refractivity contribution < 1.29 is 8.78 Å². The summed E-state index contributed by atoms with van der Waals surface area (Å²) in [6, 6.07) is 22.9. The lowest BCUT2D eigenvalue weighted by Crippen LogP contribution is -2.00. The standard InChI is InChI=1S/C26H12F2N4/c27-18-9-5-15(6-10-18)23-24(16-7-11-19(28)12-8-16)32-26-22(17(13-29)14-30)20-3-1-2-4-21(20)25(26)31-23/h1-12H. The summed E-state index contributed by atoms with van der Waals surface area (Å²) < 4.78 is 27.1. The minimum atomic E-state index is -0.393. The number of allylic oxidation sites excluding steroid dienone is 1. The van der Waals surface area contributed by atoms with Crippen molar-refractivity contribution >= 4 is 5.57 Å². The highest BCUT2D eigenvalue weighted by molar-refractivity contribution is 6.02. The number of fused-ring (bicyclic) bond motifs is 3. The molecule has 0 fully saturated rings. The fourth-order valence-electron chi connectivity index (χ4n) is 3.84. The van der Waals surface area contributed by atoms with E-state index in [1.807, 2.05) is 36.4 Å². The van der Waals surface area contributed by atoms with Gasteiger partial charge in [0.25, 0.3) is 0 Å². The van der Waals surface area contributed by atoms with Crippen LogP contribution in [0.5, 0.6) is 0 Å². The molecular weight excluding hydrogens is 406 g/mol. The Hall–Kier alpha value is -4.68. The summed E-state index contributed by atoms with van der Waals surface area (Å²) in [5, 5.41) is 19.1. The Morgan fingerprint density at radius 3 is 1.56 bits per heavy atom. The van der Waals surface area contributed by atoms with E-state index < -0.39 is 5.82 Å². The lowest BCUT2D eigenvalue weighted by molar-refractivity contribution is 0.627. The molecule has 1 heterocycles. The molecule has 0 radical (unpaired) electrons. The smallest absolute Gasteiger partial charge is 0.139 e. The van der Waals surface area contributed by atoms with Crippen molar-refractivity contribution in [3.63, 3.8) is 0 Å². The summed E-state index contributed by atoms with van der Waals surface area (Å²) in [6.07, 6.45) is 0. The van der Waals surface area contributed by atoms with Crippen LogP contribution in [-0.2, 0) is 0 Å². The molecule has 0 aliphatic heterocycles. The molecule has 1 aliphatic rings. The Labute approximate surface area is 182 Å². The average molecular weight is 418 g/mol. The lowest BCUT2D eigenvalue weighted by Gasteiger charge is -2.12. The largest absolute Gasteiger partial charge is 0.243 e. The van der Waals surface area contributed by atoms with Crippen molar-refractivity contribution in [3.05, 3.63) is 101 Å². The summed E-state index contributed by atoms with van der Waals surface area (Å²) in [5.41, 5.74) is 4.91. The molecule has 4 nitrogen and oxygen atoms in total. The maximum Gasteiger partial charge on any atom is 0.139 e. The van der Waals surface area contributed by atoms with Crippen molar-refractivity contribution in [2.24, 2.45) is 0 Å². The highest BCUT2D eigenvalue weighted by Crippen LogP contribution is 2.46. The second kappa shape index (κ2) is 7.54. The van der Waals surface area contributed by atoms with Crippen molar-refractivity contribution in [2.75, 3.05) is 0 Å². The van der Waals surface area contributed by atoms with Crippen LogP contribution in [0.3, 0.4) is 0 Å². The van der Waals surface area contributed by atoms with Crippen LogP contribution < -0.4 is 0 Å². The first-order valence-electron chi connectivity index (χ1n) is 9.69. The summed E-state index contributed by atoms with van der Waals surface area (Å²) >= 11 is 0. The van der Waals surface area contributed by atoms with Crippen LogP contribution in [-0.4, -0.2) is 9.97 Å². The van der Waals surface area contributed by atoms with E-state index in [0.717, 1.165) is 5.56 Å². The third kappa shape index (κ3) is 3.03. The van der Waals surface area contributed by atoms with Crippen LogP contribution in [0.1, 0.15) is 11.3 Å². The van der Waals surface area contributed by atoms with Gasteiger partial charge in [-0.2, -0.15) is 10.5 Å². The van der Waals surface area contributed by atoms with Gasteiger partial charge >= 0.3 is 0 Å². The highest BCUT2D eigenvalue weighted by Gasteiger charge is 2.31. The minimum Gasteiger partial charge on any atom is -0.243 e. The van der Waals surface area contributed by atoms with Crippen LogP contribution in [0.4, 0.5) is 8.78 Å².